The van der Waals surface area contributed by atoms with E-state index in [0.717, 1.165) is 44.6 Å². The zero-order chi connectivity index (χ0) is 15.2. The maximum atomic E-state index is 12.3. The van der Waals surface area contributed by atoms with Crippen LogP contribution in [0.1, 0.15) is 37.7 Å². The minimum atomic E-state index is -0.336. The molecule has 1 saturated heterocycles. The Morgan fingerprint density at radius 3 is 2.73 bits per heavy atom. The third-order valence-corrected chi connectivity index (χ3v) is 4.85. The van der Waals surface area contributed by atoms with E-state index >= 15 is 0 Å². The lowest BCUT2D eigenvalue weighted by Gasteiger charge is -2.33. The van der Waals surface area contributed by atoms with E-state index in [4.69, 9.17) is 5.73 Å². The first-order valence-corrected chi connectivity index (χ1v) is 9.10. The molecular weight excluding hydrogens is 320 g/mol. The molecule has 1 aromatic heterocycles. The van der Waals surface area contributed by atoms with Gasteiger partial charge in [-0.05, 0) is 49.7 Å². The average molecular weight is 347 g/mol. The molecule has 0 aliphatic carbocycles. The third kappa shape index (κ3) is 4.89. The molecule has 0 bridgehead atoms. The summed E-state index contributed by atoms with van der Waals surface area (Å²) in [4.78, 5) is 14.2. The van der Waals surface area contributed by atoms with Crippen LogP contribution < -0.4 is 5.73 Å². The van der Waals surface area contributed by atoms with Crippen LogP contribution in [0.2, 0.25) is 0 Å². The lowest BCUT2D eigenvalue weighted by atomic mass is 9.91. The van der Waals surface area contributed by atoms with Gasteiger partial charge in [-0.1, -0.05) is 0 Å². The number of aryl methyl sites for hydroxylation is 1. The van der Waals surface area contributed by atoms with Gasteiger partial charge in [-0.3, -0.25) is 9.48 Å². The standard InChI is InChI=1S/C15H26N4OS.ClH/c1-3-19-11-13(10-17-19)12-4-7-18(8-5-12)15(20)14(16)6-9-21-2;/h10-12,14H,3-9,16H2,1-2H3;1H/t14-;/m0./s1. The largest absolute Gasteiger partial charge is 0.341 e. The van der Waals surface area contributed by atoms with Gasteiger partial charge in [0.05, 0.1) is 12.2 Å². The average Bonchev–Trinajstić information content (AvgIpc) is 3.01. The lowest BCUT2D eigenvalue weighted by molar-refractivity contribution is -0.133. The predicted molar refractivity (Wildman–Crippen MR) is 94.7 cm³/mol. The quantitative estimate of drug-likeness (QED) is 0.856. The highest BCUT2D eigenvalue weighted by molar-refractivity contribution is 7.98. The Hall–Kier alpha value is -0.720. The number of piperidine rings is 1. The van der Waals surface area contributed by atoms with E-state index in [0.29, 0.717) is 5.92 Å². The number of halogens is 1. The van der Waals surface area contributed by atoms with E-state index in [2.05, 4.69) is 18.2 Å². The number of nitrogens with zero attached hydrogens (tertiary/aromatic N) is 3. The fourth-order valence-electron chi connectivity index (χ4n) is 2.80. The molecule has 0 aromatic carbocycles. The van der Waals surface area contributed by atoms with E-state index in [9.17, 15) is 4.79 Å². The van der Waals surface area contributed by atoms with Crippen molar-refractivity contribution in [2.75, 3.05) is 25.1 Å². The fraction of sp³-hybridized carbons (Fsp3) is 0.733. The number of carbonyl (C=O) groups excluding carboxylic acids is 1. The summed E-state index contributed by atoms with van der Waals surface area (Å²) < 4.78 is 1.96. The topological polar surface area (TPSA) is 64.2 Å². The summed E-state index contributed by atoms with van der Waals surface area (Å²) in [5, 5.41) is 4.34. The zero-order valence-electron chi connectivity index (χ0n) is 13.4. The number of aromatic nitrogens is 2. The number of hydrogen-bond acceptors (Lipinski definition) is 4. The molecule has 2 heterocycles. The Labute approximate surface area is 143 Å². The van der Waals surface area contributed by atoms with Gasteiger partial charge in [-0.25, -0.2) is 0 Å². The minimum absolute atomic E-state index is 0. The van der Waals surface area contributed by atoms with Crippen LogP contribution in [0.5, 0.6) is 0 Å². The van der Waals surface area contributed by atoms with Crippen LogP contribution in [-0.2, 0) is 11.3 Å². The molecular formula is C15H27ClN4OS. The van der Waals surface area contributed by atoms with Crippen LogP contribution in [-0.4, -0.2) is 51.7 Å². The summed E-state index contributed by atoms with van der Waals surface area (Å²) in [6, 6.07) is -0.336. The molecule has 1 aliphatic heterocycles. The van der Waals surface area contributed by atoms with Crippen molar-refractivity contribution >= 4 is 30.1 Å². The second-order valence-electron chi connectivity index (χ2n) is 5.62. The highest BCUT2D eigenvalue weighted by Gasteiger charge is 2.27. The molecule has 1 aromatic rings. The Bertz CT molecular complexity index is 460. The SMILES string of the molecule is CCn1cc(C2CCN(C(=O)[C@@H](N)CCSC)CC2)cn1.Cl. The Morgan fingerprint density at radius 2 is 2.18 bits per heavy atom. The van der Waals surface area contributed by atoms with Crippen LogP contribution in [0, 0.1) is 0 Å². The molecule has 5 nitrogen and oxygen atoms in total. The van der Waals surface area contributed by atoms with E-state index in [1.54, 1.807) is 11.8 Å². The van der Waals surface area contributed by atoms with Gasteiger partial charge in [0.25, 0.3) is 0 Å². The molecule has 126 valence electrons. The first-order valence-electron chi connectivity index (χ1n) is 7.71. The Morgan fingerprint density at radius 1 is 1.50 bits per heavy atom. The second-order valence-corrected chi connectivity index (χ2v) is 6.60. The first kappa shape index (κ1) is 19.3. The fourth-order valence-corrected chi connectivity index (χ4v) is 3.29. The van der Waals surface area contributed by atoms with Gasteiger partial charge in [0.15, 0.2) is 0 Å². The number of rotatable bonds is 6. The normalized spacial score (nSPS) is 17.1. The molecule has 2 rings (SSSR count). The van der Waals surface area contributed by atoms with E-state index in [1.165, 1.54) is 5.56 Å². The minimum Gasteiger partial charge on any atom is -0.341 e. The molecule has 0 unspecified atom stereocenters. The third-order valence-electron chi connectivity index (χ3n) is 4.21. The Kier molecular flexibility index (Phi) is 8.28. The van der Waals surface area contributed by atoms with Crippen molar-refractivity contribution in [3.63, 3.8) is 0 Å². The predicted octanol–water partition coefficient (Wildman–Crippen LogP) is 2.11. The number of amides is 1. The molecule has 0 radical (unpaired) electrons. The Balaban J connectivity index is 0.00000242. The zero-order valence-corrected chi connectivity index (χ0v) is 15.0. The van der Waals surface area contributed by atoms with Crippen LogP contribution in [0.15, 0.2) is 12.4 Å². The highest BCUT2D eigenvalue weighted by atomic mass is 35.5. The molecule has 2 N–H and O–H groups in total. The summed E-state index contributed by atoms with van der Waals surface area (Å²) in [5.41, 5.74) is 7.28. The molecule has 1 atom stereocenters. The highest BCUT2D eigenvalue weighted by Crippen LogP contribution is 2.27. The molecule has 22 heavy (non-hydrogen) atoms. The van der Waals surface area contributed by atoms with Gasteiger partial charge in [-0.2, -0.15) is 16.9 Å². The van der Waals surface area contributed by atoms with Crippen LogP contribution in [0.3, 0.4) is 0 Å². The van der Waals surface area contributed by atoms with E-state index in [-0.39, 0.29) is 24.4 Å². The number of nitrogens with two attached hydrogens (primary N) is 1. The monoisotopic (exact) mass is 346 g/mol. The molecule has 0 spiro atoms. The molecule has 1 aliphatic rings. The maximum absolute atomic E-state index is 12.3. The second kappa shape index (κ2) is 9.43. The van der Waals surface area contributed by atoms with Crippen LogP contribution in [0.25, 0.3) is 0 Å². The van der Waals surface area contributed by atoms with Crippen LogP contribution >= 0.6 is 24.2 Å². The number of carbonyl (C=O) groups is 1. The van der Waals surface area contributed by atoms with Crippen molar-refractivity contribution in [2.45, 2.75) is 44.7 Å². The number of thioether (sulfide) groups is 1. The van der Waals surface area contributed by atoms with Gasteiger partial charge in [0.1, 0.15) is 0 Å². The summed E-state index contributed by atoms with van der Waals surface area (Å²) in [7, 11) is 0. The van der Waals surface area contributed by atoms with Crippen molar-refractivity contribution in [3.8, 4) is 0 Å². The molecule has 1 fully saturated rings. The van der Waals surface area contributed by atoms with Gasteiger partial charge in [-0.15, -0.1) is 12.4 Å². The van der Waals surface area contributed by atoms with Gasteiger partial charge < -0.3 is 10.6 Å². The van der Waals surface area contributed by atoms with Gasteiger partial charge >= 0.3 is 0 Å². The van der Waals surface area contributed by atoms with Crippen molar-refractivity contribution in [1.82, 2.24) is 14.7 Å². The van der Waals surface area contributed by atoms with Gasteiger partial charge in [0.2, 0.25) is 5.91 Å². The van der Waals surface area contributed by atoms with Gasteiger partial charge in [0, 0.05) is 25.8 Å². The molecule has 0 saturated carbocycles. The van der Waals surface area contributed by atoms with Crippen LogP contribution in [0.4, 0.5) is 0 Å². The van der Waals surface area contributed by atoms with Crippen molar-refractivity contribution in [2.24, 2.45) is 5.73 Å². The summed E-state index contributed by atoms with van der Waals surface area (Å²) in [6.07, 6.45) is 8.93. The number of likely N-dealkylation sites (tertiary alicyclic amines) is 1. The van der Waals surface area contributed by atoms with E-state index in [1.807, 2.05) is 22.0 Å². The smallest absolute Gasteiger partial charge is 0.239 e. The number of hydrogen-bond donors (Lipinski definition) is 1. The maximum Gasteiger partial charge on any atom is 0.239 e. The first-order chi connectivity index (χ1) is 10.2. The van der Waals surface area contributed by atoms with E-state index < -0.39 is 0 Å². The molecule has 7 heteroatoms. The van der Waals surface area contributed by atoms with Crippen molar-refractivity contribution in [1.29, 1.82) is 0 Å². The van der Waals surface area contributed by atoms with Crippen molar-refractivity contribution < 1.29 is 4.79 Å². The summed E-state index contributed by atoms with van der Waals surface area (Å²) >= 11 is 1.74. The molecule has 1 amide bonds. The van der Waals surface area contributed by atoms with Crippen molar-refractivity contribution in [3.05, 3.63) is 18.0 Å². The summed E-state index contributed by atoms with van der Waals surface area (Å²) in [6.45, 7) is 4.62. The summed E-state index contributed by atoms with van der Waals surface area (Å²) in [5.74, 6) is 1.59. The lowest BCUT2D eigenvalue weighted by Crippen LogP contribution is -2.47.